The summed E-state index contributed by atoms with van der Waals surface area (Å²) in [7, 11) is 0. The van der Waals surface area contributed by atoms with E-state index < -0.39 is 0 Å². The van der Waals surface area contributed by atoms with Gasteiger partial charge in [-0.2, -0.15) is 0 Å². The van der Waals surface area contributed by atoms with Crippen LogP contribution in [-0.4, -0.2) is 0 Å². The number of nitrogens with one attached hydrogen (secondary N) is 2. The SMILES string of the molecule is C=Cc1ccccc1NN/C(=C\C=C/C)c1cccc(-c2cccc(C)c2)c1. The van der Waals surface area contributed by atoms with Gasteiger partial charge in [0.25, 0.3) is 0 Å². The van der Waals surface area contributed by atoms with Crippen LogP contribution in [0.5, 0.6) is 0 Å². The lowest BCUT2D eigenvalue weighted by molar-refractivity contribution is 1.08. The standard InChI is InChI=1S/C26H26N2/c1-4-6-16-26(28-27-25-17-8-7-12-21(25)5-2)24-15-10-14-23(19-24)22-13-9-11-20(3)18-22/h4-19,27-28H,2H2,1,3H3/b6-4-,26-16-. The van der Waals surface area contributed by atoms with Crippen molar-refractivity contribution in [1.82, 2.24) is 5.43 Å². The van der Waals surface area contributed by atoms with Crippen LogP contribution in [0.2, 0.25) is 0 Å². The number of aryl methyl sites for hydroxylation is 1. The van der Waals surface area contributed by atoms with Gasteiger partial charge in [0, 0.05) is 0 Å². The summed E-state index contributed by atoms with van der Waals surface area (Å²) in [5.41, 5.74) is 14.5. The normalized spacial score (nSPS) is 11.4. The van der Waals surface area contributed by atoms with Gasteiger partial charge in [-0.1, -0.05) is 91.0 Å². The summed E-state index contributed by atoms with van der Waals surface area (Å²) in [4.78, 5) is 0. The van der Waals surface area contributed by atoms with Crippen LogP contribution in [0.1, 0.15) is 23.6 Å². The van der Waals surface area contributed by atoms with Gasteiger partial charge in [0.15, 0.2) is 0 Å². The summed E-state index contributed by atoms with van der Waals surface area (Å²) >= 11 is 0. The number of hydrogen-bond acceptors (Lipinski definition) is 2. The third-order valence-electron chi connectivity index (χ3n) is 4.49. The van der Waals surface area contributed by atoms with Gasteiger partial charge in [-0.15, -0.1) is 0 Å². The van der Waals surface area contributed by atoms with E-state index in [0.717, 1.165) is 22.5 Å². The lowest BCUT2D eigenvalue weighted by Crippen LogP contribution is -2.20. The Morgan fingerprint density at radius 3 is 2.39 bits per heavy atom. The van der Waals surface area contributed by atoms with Crippen LogP contribution in [0.4, 0.5) is 5.69 Å². The Labute approximate surface area is 167 Å². The van der Waals surface area contributed by atoms with Crippen molar-refractivity contribution in [2.75, 3.05) is 5.43 Å². The van der Waals surface area contributed by atoms with Crippen molar-refractivity contribution in [2.45, 2.75) is 13.8 Å². The summed E-state index contributed by atoms with van der Waals surface area (Å²) in [6, 6.07) is 25.2. The van der Waals surface area contributed by atoms with E-state index in [0.29, 0.717) is 0 Å². The highest BCUT2D eigenvalue weighted by Gasteiger charge is 2.05. The Bertz CT molecular complexity index is 1010. The Morgan fingerprint density at radius 1 is 0.893 bits per heavy atom. The number of hydrogen-bond donors (Lipinski definition) is 2. The molecule has 0 aromatic heterocycles. The maximum atomic E-state index is 3.89. The summed E-state index contributed by atoms with van der Waals surface area (Å²) in [5, 5.41) is 0. The molecule has 0 unspecified atom stereocenters. The second-order valence-electron chi connectivity index (χ2n) is 6.60. The molecule has 0 atom stereocenters. The molecule has 0 spiro atoms. The molecule has 3 aromatic carbocycles. The van der Waals surface area contributed by atoms with Crippen molar-refractivity contribution in [3.05, 3.63) is 114 Å². The molecule has 2 N–H and O–H groups in total. The maximum Gasteiger partial charge on any atom is 0.0612 e. The number of para-hydroxylation sites is 1. The molecule has 0 amide bonds. The first-order valence-corrected chi connectivity index (χ1v) is 9.45. The molecule has 140 valence electrons. The van der Waals surface area contributed by atoms with Gasteiger partial charge in [-0.05, 0) is 54.3 Å². The van der Waals surface area contributed by atoms with Crippen LogP contribution >= 0.6 is 0 Å². The molecule has 28 heavy (non-hydrogen) atoms. The number of allylic oxidation sites excluding steroid dienone is 3. The van der Waals surface area contributed by atoms with E-state index in [-0.39, 0.29) is 0 Å². The molecule has 0 heterocycles. The highest BCUT2D eigenvalue weighted by atomic mass is 15.4. The predicted molar refractivity (Wildman–Crippen MR) is 123 cm³/mol. The van der Waals surface area contributed by atoms with E-state index in [1.54, 1.807) is 0 Å². The summed E-state index contributed by atoms with van der Waals surface area (Å²) < 4.78 is 0. The first-order valence-electron chi connectivity index (χ1n) is 9.45. The van der Waals surface area contributed by atoms with Crippen LogP contribution in [0.15, 0.2) is 97.6 Å². The fourth-order valence-electron chi connectivity index (χ4n) is 3.02. The minimum absolute atomic E-state index is 0.985. The Balaban J connectivity index is 1.90. The highest BCUT2D eigenvalue weighted by molar-refractivity contribution is 5.74. The molecule has 0 saturated heterocycles. The molecule has 0 fully saturated rings. The zero-order valence-corrected chi connectivity index (χ0v) is 16.4. The Kier molecular flexibility index (Phi) is 6.48. The monoisotopic (exact) mass is 366 g/mol. The molecule has 0 bridgehead atoms. The third kappa shape index (κ3) is 4.80. The first-order chi connectivity index (χ1) is 13.7. The van der Waals surface area contributed by atoms with Gasteiger partial charge < -0.3 is 10.9 Å². The largest absolute Gasteiger partial charge is 0.300 e. The van der Waals surface area contributed by atoms with Gasteiger partial charge in [0.2, 0.25) is 0 Å². The van der Waals surface area contributed by atoms with Crippen molar-refractivity contribution >= 4 is 17.5 Å². The molecule has 0 saturated carbocycles. The fraction of sp³-hybridized carbons (Fsp3) is 0.0769. The van der Waals surface area contributed by atoms with Crippen LogP contribution in [-0.2, 0) is 0 Å². The van der Waals surface area contributed by atoms with Gasteiger partial charge in [-0.25, -0.2) is 0 Å². The van der Waals surface area contributed by atoms with E-state index in [4.69, 9.17) is 0 Å². The fourth-order valence-corrected chi connectivity index (χ4v) is 3.02. The van der Waals surface area contributed by atoms with Gasteiger partial charge in [-0.3, -0.25) is 0 Å². The molecule has 2 heteroatoms. The molecule has 0 aliphatic carbocycles. The quantitative estimate of drug-likeness (QED) is 0.353. The zero-order valence-electron chi connectivity index (χ0n) is 16.4. The van der Waals surface area contributed by atoms with E-state index >= 15 is 0 Å². The molecular weight excluding hydrogens is 340 g/mol. The lowest BCUT2D eigenvalue weighted by atomic mass is 10.0. The van der Waals surface area contributed by atoms with Crippen LogP contribution in [0, 0.1) is 6.92 Å². The number of anilines is 1. The highest BCUT2D eigenvalue weighted by Crippen LogP contribution is 2.24. The average Bonchev–Trinajstić information content (AvgIpc) is 2.74. The van der Waals surface area contributed by atoms with Crippen LogP contribution in [0.25, 0.3) is 22.9 Å². The van der Waals surface area contributed by atoms with Gasteiger partial charge in [0.1, 0.15) is 0 Å². The molecular formula is C26H26N2. The van der Waals surface area contributed by atoms with Gasteiger partial charge in [0.05, 0.1) is 11.4 Å². The number of rotatable bonds is 7. The van der Waals surface area contributed by atoms with Crippen LogP contribution < -0.4 is 10.9 Å². The summed E-state index contributed by atoms with van der Waals surface area (Å²) in [6.45, 7) is 8.02. The molecule has 0 aliphatic rings. The van der Waals surface area contributed by atoms with E-state index in [1.807, 2.05) is 49.4 Å². The van der Waals surface area contributed by atoms with Gasteiger partial charge >= 0.3 is 0 Å². The van der Waals surface area contributed by atoms with E-state index in [9.17, 15) is 0 Å². The minimum atomic E-state index is 0.985. The topological polar surface area (TPSA) is 24.1 Å². The van der Waals surface area contributed by atoms with E-state index in [1.165, 1.54) is 16.7 Å². The second-order valence-corrected chi connectivity index (χ2v) is 6.60. The molecule has 0 radical (unpaired) electrons. The lowest BCUT2D eigenvalue weighted by Gasteiger charge is -2.16. The third-order valence-corrected chi connectivity index (χ3v) is 4.49. The van der Waals surface area contributed by atoms with E-state index in [2.05, 4.69) is 79.0 Å². The number of hydrazine groups is 1. The Hall–Kier alpha value is -3.52. The average molecular weight is 367 g/mol. The van der Waals surface area contributed by atoms with Crippen molar-refractivity contribution in [3.63, 3.8) is 0 Å². The maximum absolute atomic E-state index is 3.89. The zero-order chi connectivity index (χ0) is 19.8. The van der Waals surface area contributed by atoms with Crippen LogP contribution in [0.3, 0.4) is 0 Å². The summed E-state index contributed by atoms with van der Waals surface area (Å²) in [5.74, 6) is 0. The number of benzene rings is 3. The predicted octanol–water partition coefficient (Wildman–Crippen LogP) is 6.84. The van der Waals surface area contributed by atoms with Crippen molar-refractivity contribution in [1.29, 1.82) is 0 Å². The molecule has 3 rings (SSSR count). The molecule has 0 aliphatic heterocycles. The minimum Gasteiger partial charge on any atom is -0.300 e. The molecule has 2 nitrogen and oxygen atoms in total. The molecule has 3 aromatic rings. The van der Waals surface area contributed by atoms with Crippen molar-refractivity contribution < 1.29 is 0 Å². The first kappa shape index (κ1) is 19.2. The van der Waals surface area contributed by atoms with Crippen molar-refractivity contribution in [2.24, 2.45) is 0 Å². The Morgan fingerprint density at radius 2 is 1.64 bits per heavy atom. The smallest absolute Gasteiger partial charge is 0.0612 e. The van der Waals surface area contributed by atoms with Crippen molar-refractivity contribution in [3.8, 4) is 11.1 Å². The summed E-state index contributed by atoms with van der Waals surface area (Å²) in [6.07, 6.45) is 7.96. The second kappa shape index (κ2) is 9.43.